The van der Waals surface area contributed by atoms with Crippen LogP contribution in [0.25, 0.3) is 0 Å². The Morgan fingerprint density at radius 3 is 3.00 bits per heavy atom. The number of carbonyl (C=O) groups is 1. The third-order valence-electron chi connectivity index (χ3n) is 3.29. The Morgan fingerprint density at radius 1 is 1.62 bits per heavy atom. The molecule has 0 bridgehead atoms. The monoisotopic (exact) mass is 358 g/mol. The molecule has 0 aromatic heterocycles. The van der Waals surface area contributed by atoms with Crippen LogP contribution in [-0.4, -0.2) is 54.0 Å². The van der Waals surface area contributed by atoms with Gasteiger partial charge in [-0.05, 0) is 6.07 Å². The number of alkyl halides is 1. The molecule has 0 spiro atoms. The van der Waals surface area contributed by atoms with E-state index < -0.39 is 4.92 Å². The lowest BCUT2D eigenvalue weighted by Crippen LogP contribution is -2.49. The average molecular weight is 359 g/mol. The second kappa shape index (κ2) is 6.86. The first-order chi connectivity index (χ1) is 10.1. The van der Waals surface area contributed by atoms with Gasteiger partial charge in [-0.15, -0.1) is 0 Å². The van der Waals surface area contributed by atoms with E-state index >= 15 is 0 Å². The van der Waals surface area contributed by atoms with Crippen molar-refractivity contribution in [2.24, 2.45) is 0 Å². The summed E-state index contributed by atoms with van der Waals surface area (Å²) in [5.41, 5.74) is -0.0217. The van der Waals surface area contributed by atoms with Gasteiger partial charge in [-0.1, -0.05) is 22.0 Å². The van der Waals surface area contributed by atoms with Gasteiger partial charge in [-0.3, -0.25) is 14.9 Å². The van der Waals surface area contributed by atoms with Crippen molar-refractivity contribution in [3.8, 4) is 5.75 Å². The number of amides is 1. The van der Waals surface area contributed by atoms with E-state index in [2.05, 4.69) is 15.9 Å². The molecular formula is C13H15BrN2O5. The maximum atomic E-state index is 12.7. The lowest BCUT2D eigenvalue weighted by molar-refractivity contribution is -0.385. The van der Waals surface area contributed by atoms with E-state index in [1.807, 2.05) is 0 Å². The summed E-state index contributed by atoms with van der Waals surface area (Å²) in [6, 6.07) is 4.23. The first kappa shape index (κ1) is 15.7. The van der Waals surface area contributed by atoms with Crippen molar-refractivity contribution in [3.63, 3.8) is 0 Å². The number of ether oxygens (including phenoxy) is 2. The van der Waals surface area contributed by atoms with Gasteiger partial charge in [0.15, 0.2) is 0 Å². The summed E-state index contributed by atoms with van der Waals surface area (Å²) in [5.74, 6) is -0.296. The number of nitro groups is 1. The molecule has 1 heterocycles. The molecule has 1 unspecified atom stereocenters. The molecule has 1 aliphatic rings. The molecule has 0 saturated carbocycles. The fraction of sp³-hybridized carbons (Fsp3) is 0.462. The molecular weight excluding hydrogens is 344 g/mol. The Labute approximate surface area is 130 Å². The van der Waals surface area contributed by atoms with Crippen molar-refractivity contribution < 1.29 is 19.2 Å². The van der Waals surface area contributed by atoms with Crippen LogP contribution < -0.4 is 4.74 Å². The van der Waals surface area contributed by atoms with Crippen LogP contribution in [0.5, 0.6) is 5.75 Å². The molecule has 0 aliphatic carbocycles. The minimum Gasteiger partial charge on any atom is -0.490 e. The zero-order valence-electron chi connectivity index (χ0n) is 11.5. The van der Waals surface area contributed by atoms with E-state index in [-0.39, 0.29) is 28.9 Å². The smallest absolute Gasteiger partial charge is 0.311 e. The molecule has 1 fully saturated rings. The molecule has 1 aliphatic heterocycles. The average Bonchev–Trinajstić information content (AvgIpc) is 2.53. The van der Waals surface area contributed by atoms with E-state index in [1.54, 1.807) is 4.90 Å². The zero-order valence-corrected chi connectivity index (χ0v) is 13.0. The summed E-state index contributed by atoms with van der Waals surface area (Å²) in [6.45, 7) is 1.33. The Hall–Kier alpha value is -1.67. The van der Waals surface area contributed by atoms with Crippen LogP contribution in [0.1, 0.15) is 10.4 Å². The highest BCUT2D eigenvalue weighted by atomic mass is 79.9. The minimum absolute atomic E-state index is 0.00712. The molecule has 21 heavy (non-hydrogen) atoms. The molecule has 1 atom stereocenters. The number of hydrogen-bond donors (Lipinski definition) is 0. The molecule has 8 heteroatoms. The van der Waals surface area contributed by atoms with Crippen LogP contribution in [0.2, 0.25) is 0 Å². The van der Waals surface area contributed by atoms with Gasteiger partial charge in [-0.25, -0.2) is 0 Å². The lowest BCUT2D eigenvalue weighted by Gasteiger charge is -2.34. The number of para-hydroxylation sites is 1. The highest BCUT2D eigenvalue weighted by molar-refractivity contribution is 9.09. The fourth-order valence-electron chi connectivity index (χ4n) is 2.26. The fourth-order valence-corrected chi connectivity index (χ4v) is 2.79. The molecule has 1 saturated heterocycles. The van der Waals surface area contributed by atoms with Gasteiger partial charge in [0.1, 0.15) is 0 Å². The molecule has 0 N–H and O–H groups in total. The topological polar surface area (TPSA) is 81.9 Å². The Kier molecular flexibility index (Phi) is 5.13. The number of hydrogen-bond acceptors (Lipinski definition) is 5. The van der Waals surface area contributed by atoms with Crippen molar-refractivity contribution in [3.05, 3.63) is 33.9 Å². The largest absolute Gasteiger partial charge is 0.490 e. The second-order valence-corrected chi connectivity index (χ2v) is 5.14. The number of halogens is 1. The minimum atomic E-state index is -0.559. The molecule has 2 rings (SSSR count). The van der Waals surface area contributed by atoms with Crippen LogP contribution >= 0.6 is 15.9 Å². The number of benzene rings is 1. The van der Waals surface area contributed by atoms with Crippen LogP contribution in [0, 0.1) is 10.1 Å². The number of morpholine rings is 1. The van der Waals surface area contributed by atoms with Gasteiger partial charge in [0, 0.05) is 17.9 Å². The predicted molar refractivity (Wildman–Crippen MR) is 79.1 cm³/mol. The Morgan fingerprint density at radius 2 is 2.38 bits per heavy atom. The van der Waals surface area contributed by atoms with E-state index in [4.69, 9.17) is 9.47 Å². The van der Waals surface area contributed by atoms with Crippen molar-refractivity contribution in [1.29, 1.82) is 0 Å². The van der Waals surface area contributed by atoms with Crippen LogP contribution in [-0.2, 0) is 4.74 Å². The van der Waals surface area contributed by atoms with Crippen molar-refractivity contribution in [2.45, 2.75) is 6.04 Å². The van der Waals surface area contributed by atoms with Gasteiger partial charge in [0.2, 0.25) is 5.75 Å². The number of rotatable bonds is 4. The summed E-state index contributed by atoms with van der Waals surface area (Å²) in [4.78, 5) is 24.8. The molecule has 7 nitrogen and oxygen atoms in total. The SMILES string of the molecule is COc1c(C(=O)N2CCOCC2CBr)cccc1[N+](=O)[O-]. The number of carbonyl (C=O) groups excluding carboxylic acids is 1. The molecule has 114 valence electrons. The maximum absolute atomic E-state index is 12.7. The first-order valence-corrected chi connectivity index (χ1v) is 7.48. The molecule has 0 radical (unpaired) electrons. The van der Waals surface area contributed by atoms with Crippen LogP contribution in [0.15, 0.2) is 18.2 Å². The third-order valence-corrected chi connectivity index (χ3v) is 4.04. The van der Waals surface area contributed by atoms with Crippen LogP contribution in [0.4, 0.5) is 5.69 Å². The standard InChI is InChI=1S/C13H15BrN2O5/c1-20-12-10(3-2-4-11(12)16(18)19)13(17)15-5-6-21-8-9(15)7-14/h2-4,9H,5-8H2,1H3. The maximum Gasteiger partial charge on any atom is 0.311 e. The van der Waals surface area contributed by atoms with Crippen molar-refractivity contribution in [2.75, 3.05) is 32.2 Å². The number of methoxy groups -OCH3 is 1. The summed E-state index contributed by atoms with van der Waals surface area (Å²) < 4.78 is 10.4. The number of nitrogens with zero attached hydrogens (tertiary/aromatic N) is 2. The van der Waals surface area contributed by atoms with E-state index in [0.717, 1.165) is 0 Å². The van der Waals surface area contributed by atoms with Gasteiger partial charge >= 0.3 is 5.69 Å². The van der Waals surface area contributed by atoms with Gasteiger partial charge in [0.25, 0.3) is 5.91 Å². The summed E-state index contributed by atoms with van der Waals surface area (Å²) in [6.07, 6.45) is 0. The number of nitro benzene ring substituents is 1. The summed E-state index contributed by atoms with van der Waals surface area (Å²) in [7, 11) is 1.32. The first-order valence-electron chi connectivity index (χ1n) is 6.36. The highest BCUT2D eigenvalue weighted by Crippen LogP contribution is 2.32. The third kappa shape index (κ3) is 3.16. The molecule has 1 aromatic rings. The normalized spacial score (nSPS) is 18.4. The van der Waals surface area contributed by atoms with E-state index in [0.29, 0.717) is 25.1 Å². The van der Waals surface area contributed by atoms with Crippen molar-refractivity contribution >= 4 is 27.5 Å². The van der Waals surface area contributed by atoms with E-state index in [9.17, 15) is 14.9 Å². The quantitative estimate of drug-likeness (QED) is 0.466. The zero-order chi connectivity index (χ0) is 15.4. The lowest BCUT2D eigenvalue weighted by atomic mass is 10.1. The molecule has 1 aromatic carbocycles. The Bertz CT molecular complexity index is 551. The van der Waals surface area contributed by atoms with Gasteiger partial charge < -0.3 is 14.4 Å². The summed E-state index contributed by atoms with van der Waals surface area (Å²) in [5, 5.41) is 11.6. The summed E-state index contributed by atoms with van der Waals surface area (Å²) >= 11 is 3.35. The second-order valence-electron chi connectivity index (χ2n) is 4.50. The highest BCUT2D eigenvalue weighted by Gasteiger charge is 2.31. The van der Waals surface area contributed by atoms with Crippen LogP contribution in [0.3, 0.4) is 0 Å². The predicted octanol–water partition coefficient (Wildman–Crippen LogP) is 1.84. The molecule has 1 amide bonds. The van der Waals surface area contributed by atoms with E-state index in [1.165, 1.54) is 25.3 Å². The van der Waals surface area contributed by atoms with Gasteiger partial charge in [-0.2, -0.15) is 0 Å². The van der Waals surface area contributed by atoms with Gasteiger partial charge in [0.05, 0.1) is 36.9 Å². The van der Waals surface area contributed by atoms with Crippen molar-refractivity contribution in [1.82, 2.24) is 4.90 Å². The Balaban J connectivity index is 2.38.